The lowest BCUT2D eigenvalue weighted by molar-refractivity contribution is -0.205. The van der Waals surface area contributed by atoms with E-state index in [9.17, 15) is 4.57 Å². The maximum Gasteiger partial charge on any atom is 0.482 e. The summed E-state index contributed by atoms with van der Waals surface area (Å²) in [5, 5.41) is 6.12. The molecular weight excluding hydrogens is 243 g/mol. The monoisotopic (exact) mass is 260 g/mol. The lowest BCUT2D eigenvalue weighted by Crippen LogP contribution is -2.57. The van der Waals surface area contributed by atoms with Gasteiger partial charge in [-0.1, -0.05) is 12.2 Å². The minimum atomic E-state index is -3.26. The van der Waals surface area contributed by atoms with Crippen LogP contribution in [0.2, 0.25) is 0 Å². The van der Waals surface area contributed by atoms with Crippen LogP contribution in [0.4, 0.5) is 0 Å². The van der Waals surface area contributed by atoms with E-state index in [0.717, 1.165) is 6.54 Å². The molecule has 0 spiro atoms. The van der Waals surface area contributed by atoms with Crippen LogP contribution in [-0.4, -0.2) is 31.6 Å². The second-order valence-corrected chi connectivity index (χ2v) is 5.31. The van der Waals surface area contributed by atoms with Crippen molar-refractivity contribution >= 4 is 7.82 Å². The van der Waals surface area contributed by atoms with Gasteiger partial charge in [0.15, 0.2) is 0 Å². The largest absolute Gasteiger partial charge is 0.482 e. The maximum atomic E-state index is 11.6. The van der Waals surface area contributed by atoms with Crippen molar-refractivity contribution in [2.75, 3.05) is 19.6 Å². The van der Waals surface area contributed by atoms with Crippen LogP contribution in [0.25, 0.3) is 0 Å². The maximum absolute atomic E-state index is 11.6. The van der Waals surface area contributed by atoms with Gasteiger partial charge in [-0.2, -0.15) is 0 Å². The average molecular weight is 260 g/mol. The van der Waals surface area contributed by atoms with Crippen LogP contribution in [0.5, 0.6) is 0 Å². The van der Waals surface area contributed by atoms with Crippen LogP contribution in [-0.2, 0) is 18.1 Å². The van der Waals surface area contributed by atoms with Crippen molar-refractivity contribution < 1.29 is 18.1 Å². The van der Waals surface area contributed by atoms with Gasteiger partial charge in [0.1, 0.15) is 6.10 Å². The quantitative estimate of drug-likeness (QED) is 0.387. The molecule has 3 saturated heterocycles. The molecule has 17 heavy (non-hydrogen) atoms. The fourth-order valence-electron chi connectivity index (χ4n) is 1.80. The standard InChI is InChI=1S/C10H17N2O4P/c1-3-6-11-8-5-9-10(12-7-4-2)15-17(13,14-9)16-10/h3-4,9,11-12H,1-2,5-8H2. The van der Waals surface area contributed by atoms with E-state index in [-0.39, 0.29) is 6.10 Å². The molecule has 3 aliphatic rings. The highest BCUT2D eigenvalue weighted by molar-refractivity contribution is 7.50. The van der Waals surface area contributed by atoms with Crippen molar-refractivity contribution in [3.8, 4) is 0 Å². The van der Waals surface area contributed by atoms with Gasteiger partial charge in [0, 0.05) is 13.1 Å². The third-order valence-corrected chi connectivity index (χ3v) is 4.04. The van der Waals surface area contributed by atoms with Gasteiger partial charge in [0.05, 0.1) is 0 Å². The highest BCUT2D eigenvalue weighted by Gasteiger charge is 2.70. The Morgan fingerprint density at radius 2 is 2.00 bits per heavy atom. The van der Waals surface area contributed by atoms with Gasteiger partial charge in [0.2, 0.25) is 0 Å². The van der Waals surface area contributed by atoms with Gasteiger partial charge in [-0.15, -0.1) is 13.2 Å². The Morgan fingerprint density at radius 1 is 1.29 bits per heavy atom. The number of fused-ring (bicyclic) bond motifs is 1. The molecule has 2 bridgehead atoms. The summed E-state index contributed by atoms with van der Waals surface area (Å²) in [5.74, 6) is -1.06. The number of hydrogen-bond donors (Lipinski definition) is 2. The highest BCUT2D eigenvalue weighted by atomic mass is 31.2. The summed E-state index contributed by atoms with van der Waals surface area (Å²) in [6, 6.07) is 0. The first-order valence-corrected chi connectivity index (χ1v) is 6.98. The molecule has 7 heteroatoms. The smallest absolute Gasteiger partial charge is 0.313 e. The molecule has 0 aromatic carbocycles. The molecule has 6 nitrogen and oxygen atoms in total. The lowest BCUT2D eigenvalue weighted by atomic mass is 10.2. The van der Waals surface area contributed by atoms with Crippen molar-refractivity contribution in [3.05, 3.63) is 25.3 Å². The zero-order valence-corrected chi connectivity index (χ0v) is 10.4. The van der Waals surface area contributed by atoms with Crippen LogP contribution in [0, 0.1) is 0 Å². The average Bonchev–Trinajstić information content (AvgIpc) is 2.69. The normalized spacial score (nSPS) is 38.7. The van der Waals surface area contributed by atoms with E-state index in [1.54, 1.807) is 12.2 Å². The van der Waals surface area contributed by atoms with Gasteiger partial charge < -0.3 is 5.32 Å². The summed E-state index contributed by atoms with van der Waals surface area (Å²) in [6.45, 7) is 9.13. The van der Waals surface area contributed by atoms with Crippen molar-refractivity contribution in [2.24, 2.45) is 0 Å². The summed E-state index contributed by atoms with van der Waals surface area (Å²) in [6.07, 6.45) is 3.72. The molecule has 3 aliphatic heterocycles. The van der Waals surface area contributed by atoms with E-state index in [2.05, 4.69) is 23.8 Å². The Hall–Kier alpha value is -0.490. The van der Waals surface area contributed by atoms with Crippen molar-refractivity contribution in [1.82, 2.24) is 10.6 Å². The van der Waals surface area contributed by atoms with E-state index < -0.39 is 13.7 Å². The molecule has 3 rings (SSSR count). The van der Waals surface area contributed by atoms with E-state index in [1.807, 2.05) is 0 Å². The van der Waals surface area contributed by atoms with Crippen molar-refractivity contribution in [2.45, 2.75) is 18.4 Å². The summed E-state index contributed by atoms with van der Waals surface area (Å²) >= 11 is 0. The van der Waals surface area contributed by atoms with E-state index in [1.165, 1.54) is 0 Å². The summed E-state index contributed by atoms with van der Waals surface area (Å²) in [5.41, 5.74) is 0. The molecule has 1 unspecified atom stereocenters. The number of hydrogen-bond acceptors (Lipinski definition) is 6. The molecular formula is C10H17N2O4P. The zero-order chi connectivity index (χ0) is 12.4. The predicted molar refractivity (Wildman–Crippen MR) is 63.3 cm³/mol. The van der Waals surface area contributed by atoms with E-state index >= 15 is 0 Å². The number of rotatable bonds is 8. The first-order chi connectivity index (χ1) is 8.14. The van der Waals surface area contributed by atoms with Crippen LogP contribution in [0.1, 0.15) is 6.42 Å². The Morgan fingerprint density at radius 3 is 2.65 bits per heavy atom. The molecule has 0 aromatic rings. The Labute approximate surface area is 101 Å². The third kappa shape index (κ3) is 2.52. The molecule has 2 N–H and O–H groups in total. The van der Waals surface area contributed by atoms with Crippen molar-refractivity contribution in [3.63, 3.8) is 0 Å². The molecule has 0 aromatic heterocycles. The number of nitrogens with one attached hydrogen (secondary N) is 2. The molecule has 0 radical (unpaired) electrons. The van der Waals surface area contributed by atoms with Gasteiger partial charge in [-0.25, -0.2) is 13.6 Å². The van der Waals surface area contributed by atoms with Crippen LogP contribution in [0.15, 0.2) is 25.3 Å². The number of phosphoric ester groups is 1. The molecule has 1 atom stereocenters. The van der Waals surface area contributed by atoms with Crippen LogP contribution in [0.3, 0.4) is 0 Å². The Kier molecular flexibility index (Phi) is 3.82. The molecule has 0 saturated carbocycles. The fraction of sp³-hybridized carbons (Fsp3) is 0.600. The summed E-state index contributed by atoms with van der Waals surface area (Å²) in [7, 11) is -3.26. The van der Waals surface area contributed by atoms with Gasteiger partial charge >= 0.3 is 7.82 Å². The first-order valence-electron chi connectivity index (χ1n) is 5.51. The third-order valence-electron chi connectivity index (χ3n) is 2.54. The topological polar surface area (TPSA) is 68.8 Å². The van der Waals surface area contributed by atoms with E-state index in [4.69, 9.17) is 13.6 Å². The minimum absolute atomic E-state index is 0.370. The SMILES string of the molecule is C=CCNCCC1OP2(=O)OC1(NCC=C)O2. The molecule has 0 amide bonds. The first kappa shape index (κ1) is 13.0. The second-order valence-electron chi connectivity index (χ2n) is 3.84. The summed E-state index contributed by atoms with van der Waals surface area (Å²) in [4.78, 5) is 0. The number of phosphoric acid groups is 1. The Balaban J connectivity index is 1.85. The van der Waals surface area contributed by atoms with Gasteiger partial charge in [-0.05, 0) is 13.0 Å². The van der Waals surface area contributed by atoms with E-state index in [0.29, 0.717) is 19.5 Å². The van der Waals surface area contributed by atoms with Crippen LogP contribution >= 0.6 is 7.82 Å². The summed E-state index contributed by atoms with van der Waals surface area (Å²) < 4.78 is 27.2. The minimum Gasteiger partial charge on any atom is -0.313 e. The molecule has 96 valence electrons. The molecule has 0 aliphatic carbocycles. The van der Waals surface area contributed by atoms with Crippen molar-refractivity contribution in [1.29, 1.82) is 0 Å². The molecule has 3 fully saturated rings. The lowest BCUT2D eigenvalue weighted by Gasteiger charge is -2.36. The Bertz CT molecular complexity index is 350. The fourth-order valence-corrected chi connectivity index (χ4v) is 3.48. The van der Waals surface area contributed by atoms with Crippen LogP contribution < -0.4 is 10.6 Å². The highest BCUT2D eigenvalue weighted by Crippen LogP contribution is 2.73. The van der Waals surface area contributed by atoms with Gasteiger partial charge in [0.25, 0.3) is 5.91 Å². The molecule has 3 heterocycles. The predicted octanol–water partition coefficient (Wildman–Crippen LogP) is 1.14. The second kappa shape index (κ2) is 5.02. The zero-order valence-electron chi connectivity index (χ0n) is 9.55. The van der Waals surface area contributed by atoms with Gasteiger partial charge in [-0.3, -0.25) is 9.84 Å².